The van der Waals surface area contributed by atoms with Gasteiger partial charge in [-0.05, 0) is 43.0 Å². The Morgan fingerprint density at radius 3 is 2.89 bits per heavy atom. The third-order valence-corrected chi connectivity index (χ3v) is 3.91. The van der Waals surface area contributed by atoms with Crippen LogP contribution >= 0.6 is 0 Å². The molecule has 18 heavy (non-hydrogen) atoms. The molecule has 1 aliphatic rings. The minimum absolute atomic E-state index is 0.154. The molecule has 2 aromatic rings. The van der Waals surface area contributed by atoms with E-state index in [1.54, 1.807) is 4.57 Å². The second-order valence-electron chi connectivity index (χ2n) is 5.22. The van der Waals surface area contributed by atoms with Gasteiger partial charge in [0.15, 0.2) is 0 Å². The Kier molecular flexibility index (Phi) is 2.71. The number of aryl methyl sites for hydroxylation is 2. The lowest BCUT2D eigenvalue weighted by atomic mass is 9.98. The molecule has 1 unspecified atom stereocenters. The zero-order valence-electron chi connectivity index (χ0n) is 10.9. The van der Waals surface area contributed by atoms with Crippen LogP contribution in [0.1, 0.15) is 23.5 Å². The van der Waals surface area contributed by atoms with Crippen molar-refractivity contribution in [3.8, 4) is 0 Å². The molecule has 3 heteroatoms. The van der Waals surface area contributed by atoms with Crippen molar-refractivity contribution in [3.63, 3.8) is 0 Å². The second-order valence-corrected chi connectivity index (χ2v) is 5.22. The third kappa shape index (κ3) is 1.75. The number of benzene rings is 1. The van der Waals surface area contributed by atoms with Gasteiger partial charge in [0.25, 0.3) is 5.56 Å². The minimum Gasteiger partial charge on any atom is -0.316 e. The average molecular weight is 242 g/mol. The van der Waals surface area contributed by atoms with Gasteiger partial charge in [-0.2, -0.15) is 0 Å². The molecule has 0 spiro atoms. The summed E-state index contributed by atoms with van der Waals surface area (Å²) < 4.78 is 1.79. The average Bonchev–Trinajstić information content (AvgIpc) is 2.88. The Morgan fingerprint density at radius 1 is 1.33 bits per heavy atom. The predicted molar refractivity (Wildman–Crippen MR) is 74.2 cm³/mol. The zero-order valence-corrected chi connectivity index (χ0v) is 10.9. The fourth-order valence-corrected chi connectivity index (χ4v) is 2.81. The maximum atomic E-state index is 12.4. The molecule has 0 bridgehead atoms. The van der Waals surface area contributed by atoms with Gasteiger partial charge >= 0.3 is 0 Å². The highest BCUT2D eigenvalue weighted by molar-refractivity contribution is 5.80. The van der Waals surface area contributed by atoms with Crippen LogP contribution in [-0.4, -0.2) is 17.7 Å². The smallest absolute Gasteiger partial charge is 0.254 e. The molecule has 2 heterocycles. The van der Waals surface area contributed by atoms with Gasteiger partial charge in [0.2, 0.25) is 0 Å². The topological polar surface area (TPSA) is 34.0 Å². The molecule has 1 N–H and O–H groups in total. The molecule has 0 radical (unpaired) electrons. The Bertz CT molecular complexity index is 651. The Balaban J connectivity index is 2.25. The van der Waals surface area contributed by atoms with Crippen molar-refractivity contribution < 1.29 is 0 Å². The van der Waals surface area contributed by atoms with Crippen LogP contribution in [-0.2, 0) is 7.05 Å². The predicted octanol–water partition coefficient (Wildman–Crippen LogP) is 1.92. The summed E-state index contributed by atoms with van der Waals surface area (Å²) in [7, 11) is 1.87. The number of nitrogens with one attached hydrogen (secondary N) is 1. The SMILES string of the molecule is Cc1ccc2cc(C3CCNC3)c(=O)n(C)c2c1. The molecule has 3 nitrogen and oxygen atoms in total. The summed E-state index contributed by atoms with van der Waals surface area (Å²) in [6, 6.07) is 8.36. The van der Waals surface area contributed by atoms with E-state index in [1.165, 1.54) is 5.56 Å². The van der Waals surface area contributed by atoms with E-state index in [0.29, 0.717) is 5.92 Å². The van der Waals surface area contributed by atoms with Gasteiger partial charge in [0.05, 0.1) is 5.52 Å². The van der Waals surface area contributed by atoms with E-state index in [9.17, 15) is 4.79 Å². The van der Waals surface area contributed by atoms with Crippen molar-refractivity contribution >= 4 is 10.9 Å². The summed E-state index contributed by atoms with van der Waals surface area (Å²) in [5.41, 5.74) is 3.32. The molecule has 1 aromatic heterocycles. The zero-order chi connectivity index (χ0) is 12.7. The van der Waals surface area contributed by atoms with Crippen LogP contribution < -0.4 is 10.9 Å². The van der Waals surface area contributed by atoms with Gasteiger partial charge < -0.3 is 9.88 Å². The molecular weight excluding hydrogens is 224 g/mol. The molecule has 3 rings (SSSR count). The summed E-state index contributed by atoms with van der Waals surface area (Å²) in [6.45, 7) is 3.99. The summed E-state index contributed by atoms with van der Waals surface area (Å²) in [4.78, 5) is 12.4. The Labute approximate surface area is 106 Å². The second kappa shape index (κ2) is 4.25. The van der Waals surface area contributed by atoms with Crippen molar-refractivity contribution in [2.24, 2.45) is 7.05 Å². The molecular formula is C15H18N2O. The quantitative estimate of drug-likeness (QED) is 0.829. The van der Waals surface area contributed by atoms with Crippen LogP contribution in [0.15, 0.2) is 29.1 Å². The lowest BCUT2D eigenvalue weighted by Gasteiger charge is -2.13. The maximum Gasteiger partial charge on any atom is 0.254 e. The van der Waals surface area contributed by atoms with Crippen molar-refractivity contribution in [2.45, 2.75) is 19.3 Å². The number of nitrogens with zero attached hydrogens (tertiary/aromatic N) is 1. The fourth-order valence-electron chi connectivity index (χ4n) is 2.81. The first-order valence-corrected chi connectivity index (χ1v) is 6.48. The summed E-state index contributed by atoms with van der Waals surface area (Å²) in [5, 5.41) is 4.48. The number of hydrogen-bond donors (Lipinski definition) is 1. The molecule has 0 aliphatic carbocycles. The van der Waals surface area contributed by atoms with Crippen LogP contribution in [0, 0.1) is 6.92 Å². The van der Waals surface area contributed by atoms with Crippen LogP contribution in [0.4, 0.5) is 0 Å². The van der Waals surface area contributed by atoms with Crippen LogP contribution in [0.5, 0.6) is 0 Å². The van der Waals surface area contributed by atoms with Gasteiger partial charge in [0, 0.05) is 25.1 Å². The fraction of sp³-hybridized carbons (Fsp3) is 0.400. The van der Waals surface area contributed by atoms with E-state index in [-0.39, 0.29) is 5.56 Å². The van der Waals surface area contributed by atoms with Gasteiger partial charge in [-0.1, -0.05) is 12.1 Å². The van der Waals surface area contributed by atoms with E-state index in [4.69, 9.17) is 0 Å². The number of pyridine rings is 1. The van der Waals surface area contributed by atoms with Crippen LogP contribution in [0.3, 0.4) is 0 Å². The standard InChI is InChI=1S/C15H18N2O/c1-10-3-4-11-8-13(12-5-6-16-9-12)15(18)17(2)14(11)7-10/h3-4,7-8,12,16H,5-6,9H2,1-2H3. The molecule has 1 fully saturated rings. The van der Waals surface area contributed by atoms with Crippen LogP contribution in [0.2, 0.25) is 0 Å². The van der Waals surface area contributed by atoms with Crippen molar-refractivity contribution in [2.75, 3.05) is 13.1 Å². The molecule has 1 saturated heterocycles. The number of aromatic nitrogens is 1. The lowest BCUT2D eigenvalue weighted by Crippen LogP contribution is -2.24. The van der Waals surface area contributed by atoms with E-state index >= 15 is 0 Å². The molecule has 1 aromatic carbocycles. The van der Waals surface area contributed by atoms with Crippen molar-refractivity contribution in [3.05, 3.63) is 45.7 Å². The van der Waals surface area contributed by atoms with E-state index < -0.39 is 0 Å². The van der Waals surface area contributed by atoms with Gasteiger partial charge in [0.1, 0.15) is 0 Å². The van der Waals surface area contributed by atoms with Gasteiger partial charge in [-0.25, -0.2) is 0 Å². The number of rotatable bonds is 1. The third-order valence-electron chi connectivity index (χ3n) is 3.91. The summed E-state index contributed by atoms with van der Waals surface area (Å²) in [6.07, 6.45) is 1.06. The molecule has 0 saturated carbocycles. The normalized spacial score (nSPS) is 19.6. The van der Waals surface area contributed by atoms with E-state index in [1.807, 2.05) is 7.05 Å². The number of fused-ring (bicyclic) bond motifs is 1. The molecule has 1 atom stereocenters. The first-order valence-electron chi connectivity index (χ1n) is 6.48. The van der Waals surface area contributed by atoms with E-state index in [0.717, 1.165) is 36.0 Å². The maximum absolute atomic E-state index is 12.4. The molecule has 1 aliphatic heterocycles. The first kappa shape index (κ1) is 11.5. The minimum atomic E-state index is 0.154. The highest BCUT2D eigenvalue weighted by Gasteiger charge is 2.20. The van der Waals surface area contributed by atoms with Gasteiger partial charge in [-0.3, -0.25) is 4.79 Å². The van der Waals surface area contributed by atoms with Crippen LogP contribution in [0.25, 0.3) is 10.9 Å². The van der Waals surface area contributed by atoms with Crippen molar-refractivity contribution in [1.82, 2.24) is 9.88 Å². The Morgan fingerprint density at radius 2 is 2.17 bits per heavy atom. The largest absolute Gasteiger partial charge is 0.316 e. The lowest BCUT2D eigenvalue weighted by molar-refractivity contribution is 0.734. The highest BCUT2D eigenvalue weighted by Crippen LogP contribution is 2.23. The van der Waals surface area contributed by atoms with E-state index in [2.05, 4.69) is 36.5 Å². The summed E-state index contributed by atoms with van der Waals surface area (Å²) in [5.74, 6) is 0.370. The van der Waals surface area contributed by atoms with Crippen molar-refractivity contribution in [1.29, 1.82) is 0 Å². The monoisotopic (exact) mass is 242 g/mol. The first-order chi connectivity index (χ1) is 8.66. The number of hydrogen-bond acceptors (Lipinski definition) is 2. The molecule has 0 amide bonds. The highest BCUT2D eigenvalue weighted by atomic mass is 16.1. The van der Waals surface area contributed by atoms with Gasteiger partial charge in [-0.15, -0.1) is 0 Å². The Hall–Kier alpha value is -1.61. The molecule has 94 valence electrons. The summed E-state index contributed by atoms with van der Waals surface area (Å²) >= 11 is 0.